The van der Waals surface area contributed by atoms with Crippen LogP contribution in [0.1, 0.15) is 31.4 Å². The Hall–Kier alpha value is -2.86. The molecule has 6 heteroatoms. The smallest absolute Gasteiger partial charge is 0.247 e. The maximum Gasteiger partial charge on any atom is 0.247 e. The minimum absolute atomic E-state index is 0.0153. The summed E-state index contributed by atoms with van der Waals surface area (Å²) in [5.41, 5.74) is 2.90. The van der Waals surface area contributed by atoms with E-state index in [0.717, 1.165) is 11.1 Å². The van der Waals surface area contributed by atoms with Gasteiger partial charge in [0.05, 0.1) is 6.61 Å². The van der Waals surface area contributed by atoms with Crippen LogP contribution in [0.2, 0.25) is 0 Å². The van der Waals surface area contributed by atoms with Gasteiger partial charge in [0.1, 0.15) is 18.4 Å². The van der Waals surface area contributed by atoms with Crippen LogP contribution in [-0.2, 0) is 27.3 Å². The third-order valence-corrected chi connectivity index (χ3v) is 5.13. The highest BCUT2D eigenvalue weighted by Gasteiger charge is 2.34. The summed E-state index contributed by atoms with van der Waals surface area (Å²) in [4.78, 5) is 27.7. The number of fused-ring (bicyclic) bond motifs is 1. The van der Waals surface area contributed by atoms with Crippen LogP contribution < -0.4 is 10.1 Å². The molecule has 2 aromatic carbocycles. The fourth-order valence-electron chi connectivity index (χ4n) is 3.59. The van der Waals surface area contributed by atoms with Crippen LogP contribution in [0, 0.1) is 5.92 Å². The zero-order valence-corrected chi connectivity index (χ0v) is 17.9. The first kappa shape index (κ1) is 21.8. The fraction of sp³-hybridized carbons (Fsp3) is 0.417. The Kier molecular flexibility index (Phi) is 7.46. The second kappa shape index (κ2) is 10.3. The second-order valence-electron chi connectivity index (χ2n) is 7.96. The quantitative estimate of drug-likeness (QED) is 0.675. The van der Waals surface area contributed by atoms with Gasteiger partial charge >= 0.3 is 0 Å². The van der Waals surface area contributed by atoms with Crippen LogP contribution in [0.5, 0.6) is 5.75 Å². The lowest BCUT2D eigenvalue weighted by molar-refractivity contribution is -0.140. The van der Waals surface area contributed by atoms with Crippen LogP contribution in [-0.4, -0.2) is 43.1 Å². The molecular weight excluding hydrogens is 380 g/mol. The average molecular weight is 411 g/mol. The van der Waals surface area contributed by atoms with E-state index in [0.29, 0.717) is 44.0 Å². The molecule has 0 fully saturated rings. The molecule has 1 unspecified atom stereocenters. The van der Waals surface area contributed by atoms with Gasteiger partial charge in [0.15, 0.2) is 0 Å². The molecule has 0 aliphatic carbocycles. The van der Waals surface area contributed by atoms with Gasteiger partial charge in [0, 0.05) is 32.2 Å². The van der Waals surface area contributed by atoms with Crippen molar-refractivity contribution >= 4 is 17.5 Å². The first-order valence-corrected chi connectivity index (χ1v) is 10.4. The van der Waals surface area contributed by atoms with Crippen LogP contribution in [0.15, 0.2) is 48.5 Å². The van der Waals surface area contributed by atoms with Gasteiger partial charge in [-0.3, -0.25) is 9.59 Å². The number of methoxy groups -OCH3 is 1. The number of carbonyl (C=O) groups is 2. The summed E-state index contributed by atoms with van der Waals surface area (Å²) in [5.74, 6) is 0.797. The summed E-state index contributed by atoms with van der Waals surface area (Å²) < 4.78 is 10.5. The first-order valence-electron chi connectivity index (χ1n) is 10.4. The number of ether oxygens (including phenoxy) is 2. The van der Waals surface area contributed by atoms with Gasteiger partial charge in [-0.05, 0) is 41.3 Å². The summed E-state index contributed by atoms with van der Waals surface area (Å²) in [7, 11) is 1.63. The molecule has 0 bridgehead atoms. The van der Waals surface area contributed by atoms with Crippen LogP contribution in [0.4, 0.5) is 5.69 Å². The third kappa shape index (κ3) is 5.60. The normalized spacial score (nSPS) is 15.6. The molecule has 2 aromatic rings. The zero-order chi connectivity index (χ0) is 21.5. The molecule has 160 valence electrons. The van der Waals surface area contributed by atoms with Crippen LogP contribution in [0.3, 0.4) is 0 Å². The Bertz CT molecular complexity index is 864. The Labute approximate surface area is 178 Å². The number of benzene rings is 2. The highest BCUT2D eigenvalue weighted by Crippen LogP contribution is 2.26. The van der Waals surface area contributed by atoms with Gasteiger partial charge in [-0.25, -0.2) is 0 Å². The summed E-state index contributed by atoms with van der Waals surface area (Å²) in [5, 5.41) is 2.96. The van der Waals surface area contributed by atoms with Crippen LogP contribution >= 0.6 is 0 Å². The molecular formula is C24H30N2O4. The van der Waals surface area contributed by atoms with Crippen molar-refractivity contribution in [2.24, 2.45) is 5.92 Å². The predicted molar refractivity (Wildman–Crippen MR) is 116 cm³/mol. The number of amides is 2. The fourth-order valence-corrected chi connectivity index (χ4v) is 3.59. The predicted octanol–water partition coefficient (Wildman–Crippen LogP) is 3.65. The summed E-state index contributed by atoms with van der Waals surface area (Å²) in [6.07, 6.45) is 0.948. The molecule has 6 nitrogen and oxygen atoms in total. The van der Waals surface area contributed by atoms with Crippen LogP contribution in [0.25, 0.3) is 0 Å². The number of rotatable bonds is 8. The van der Waals surface area contributed by atoms with E-state index in [1.807, 2.05) is 50.2 Å². The standard InChI is InChI=1S/C24H30N2O4/c1-17(2)14-23(27)26-16-19-7-5-4-6-18(19)15-22(26)24(28)25-20-8-10-21(11-9-20)30-13-12-29-3/h4-11,17,22H,12-16H2,1-3H3,(H,25,28). The Morgan fingerprint density at radius 2 is 1.77 bits per heavy atom. The van der Waals surface area contributed by atoms with E-state index < -0.39 is 6.04 Å². The van der Waals surface area contributed by atoms with Crippen molar-refractivity contribution in [1.29, 1.82) is 0 Å². The summed E-state index contributed by atoms with van der Waals surface area (Å²) >= 11 is 0. The van der Waals surface area contributed by atoms with Gasteiger partial charge in [-0.2, -0.15) is 0 Å². The molecule has 1 N–H and O–H groups in total. The van der Waals surface area contributed by atoms with E-state index in [1.54, 1.807) is 24.1 Å². The van der Waals surface area contributed by atoms with Gasteiger partial charge in [-0.1, -0.05) is 38.1 Å². The van der Waals surface area contributed by atoms with Gasteiger partial charge in [-0.15, -0.1) is 0 Å². The number of hydrogen-bond donors (Lipinski definition) is 1. The Balaban J connectivity index is 1.72. The number of anilines is 1. The van der Waals surface area contributed by atoms with E-state index in [-0.39, 0.29) is 17.7 Å². The molecule has 1 atom stereocenters. The largest absolute Gasteiger partial charge is 0.491 e. The first-order chi connectivity index (χ1) is 14.5. The van der Waals surface area contributed by atoms with E-state index in [9.17, 15) is 9.59 Å². The molecule has 0 saturated heterocycles. The summed E-state index contributed by atoms with van der Waals surface area (Å²) in [6, 6.07) is 14.7. The maximum atomic E-state index is 13.1. The number of nitrogens with one attached hydrogen (secondary N) is 1. The van der Waals surface area contributed by atoms with Crippen molar-refractivity contribution in [1.82, 2.24) is 4.90 Å². The van der Waals surface area contributed by atoms with E-state index in [2.05, 4.69) is 5.32 Å². The molecule has 0 spiro atoms. The van der Waals surface area contributed by atoms with E-state index in [1.165, 1.54) is 0 Å². The van der Waals surface area contributed by atoms with Crippen molar-refractivity contribution < 1.29 is 19.1 Å². The Morgan fingerprint density at radius 1 is 1.07 bits per heavy atom. The topological polar surface area (TPSA) is 67.9 Å². The lowest BCUT2D eigenvalue weighted by atomic mass is 9.92. The van der Waals surface area contributed by atoms with Crippen molar-refractivity contribution in [3.05, 3.63) is 59.7 Å². The van der Waals surface area contributed by atoms with E-state index >= 15 is 0 Å². The Morgan fingerprint density at radius 3 is 2.43 bits per heavy atom. The lowest BCUT2D eigenvalue weighted by Gasteiger charge is -2.36. The average Bonchev–Trinajstić information content (AvgIpc) is 2.73. The van der Waals surface area contributed by atoms with Gasteiger partial charge < -0.3 is 19.7 Å². The third-order valence-electron chi connectivity index (χ3n) is 5.13. The molecule has 1 aliphatic heterocycles. The minimum Gasteiger partial charge on any atom is -0.491 e. The summed E-state index contributed by atoms with van der Waals surface area (Å²) in [6.45, 7) is 5.48. The van der Waals surface area contributed by atoms with Crippen molar-refractivity contribution in [3.8, 4) is 5.75 Å². The number of nitrogens with zero attached hydrogens (tertiary/aromatic N) is 1. The SMILES string of the molecule is COCCOc1ccc(NC(=O)C2Cc3ccccc3CN2C(=O)CC(C)C)cc1. The lowest BCUT2D eigenvalue weighted by Crippen LogP contribution is -2.50. The molecule has 1 aliphatic rings. The monoisotopic (exact) mass is 410 g/mol. The zero-order valence-electron chi connectivity index (χ0n) is 17.9. The molecule has 0 saturated carbocycles. The molecule has 1 heterocycles. The maximum absolute atomic E-state index is 13.1. The molecule has 0 radical (unpaired) electrons. The molecule has 0 aromatic heterocycles. The second-order valence-corrected chi connectivity index (χ2v) is 7.96. The highest BCUT2D eigenvalue weighted by molar-refractivity contribution is 5.97. The molecule has 2 amide bonds. The van der Waals surface area contributed by atoms with Crippen molar-refractivity contribution in [2.75, 3.05) is 25.6 Å². The minimum atomic E-state index is -0.524. The molecule has 30 heavy (non-hydrogen) atoms. The van der Waals surface area contributed by atoms with Gasteiger partial charge in [0.2, 0.25) is 11.8 Å². The molecule has 3 rings (SSSR count). The highest BCUT2D eigenvalue weighted by atomic mass is 16.5. The number of hydrogen-bond acceptors (Lipinski definition) is 4. The number of carbonyl (C=O) groups excluding carboxylic acids is 2. The van der Waals surface area contributed by atoms with Crippen molar-refractivity contribution in [2.45, 2.75) is 39.3 Å². The van der Waals surface area contributed by atoms with Gasteiger partial charge in [0.25, 0.3) is 0 Å². The van der Waals surface area contributed by atoms with Crippen molar-refractivity contribution in [3.63, 3.8) is 0 Å². The van der Waals surface area contributed by atoms with E-state index in [4.69, 9.17) is 9.47 Å².